The van der Waals surface area contributed by atoms with Crippen LogP contribution in [-0.2, 0) is 4.84 Å². The van der Waals surface area contributed by atoms with Crippen molar-refractivity contribution in [2.45, 2.75) is 26.3 Å². The zero-order chi connectivity index (χ0) is 10.4. The van der Waals surface area contributed by atoms with Gasteiger partial charge in [0, 0.05) is 5.56 Å². The van der Waals surface area contributed by atoms with Crippen molar-refractivity contribution in [2.75, 3.05) is 6.61 Å². The van der Waals surface area contributed by atoms with Crippen molar-refractivity contribution in [3.05, 3.63) is 35.6 Å². The normalized spacial score (nSPS) is 12.8. The number of halogens is 1. The van der Waals surface area contributed by atoms with Crippen LogP contribution in [0.3, 0.4) is 0 Å². The van der Waals surface area contributed by atoms with Crippen LogP contribution in [0.25, 0.3) is 0 Å². The summed E-state index contributed by atoms with van der Waals surface area (Å²) in [5, 5.41) is 0. The standard InChI is InChI=1S/C11H16FNO/c1-3-11(13-14-4-2)9-7-5-6-8-10(9)12/h5-8,11,13H,3-4H2,1-2H3. The smallest absolute Gasteiger partial charge is 0.128 e. The van der Waals surface area contributed by atoms with Gasteiger partial charge in [-0.1, -0.05) is 25.1 Å². The van der Waals surface area contributed by atoms with Crippen LogP contribution in [0.1, 0.15) is 31.9 Å². The second kappa shape index (κ2) is 5.73. The molecular weight excluding hydrogens is 181 g/mol. The average Bonchev–Trinajstić information content (AvgIpc) is 2.21. The predicted octanol–water partition coefficient (Wildman–Crippen LogP) is 2.82. The third-order valence-electron chi connectivity index (χ3n) is 2.06. The lowest BCUT2D eigenvalue weighted by molar-refractivity contribution is 0.0222. The molecule has 0 aliphatic carbocycles. The van der Waals surface area contributed by atoms with Crippen LogP contribution >= 0.6 is 0 Å². The van der Waals surface area contributed by atoms with Crippen LogP contribution in [-0.4, -0.2) is 6.61 Å². The SMILES string of the molecule is CCONC(CC)c1ccccc1F. The first-order chi connectivity index (χ1) is 6.79. The molecule has 0 aromatic heterocycles. The second-order valence-electron chi connectivity index (χ2n) is 3.03. The summed E-state index contributed by atoms with van der Waals surface area (Å²) in [5.74, 6) is -0.188. The maximum Gasteiger partial charge on any atom is 0.128 e. The number of rotatable bonds is 5. The topological polar surface area (TPSA) is 21.3 Å². The fourth-order valence-corrected chi connectivity index (χ4v) is 1.31. The monoisotopic (exact) mass is 197 g/mol. The van der Waals surface area contributed by atoms with Gasteiger partial charge in [-0.15, -0.1) is 0 Å². The zero-order valence-corrected chi connectivity index (χ0v) is 8.59. The van der Waals surface area contributed by atoms with Crippen LogP contribution in [0.5, 0.6) is 0 Å². The molecule has 0 bridgehead atoms. The largest absolute Gasteiger partial charge is 0.302 e. The summed E-state index contributed by atoms with van der Waals surface area (Å²) in [6.07, 6.45) is 0.793. The summed E-state index contributed by atoms with van der Waals surface area (Å²) in [6, 6.07) is 6.68. The molecule has 1 aromatic carbocycles. The Labute approximate surface area is 84.0 Å². The molecule has 1 N–H and O–H groups in total. The quantitative estimate of drug-likeness (QED) is 0.733. The Morgan fingerprint density at radius 2 is 2.07 bits per heavy atom. The van der Waals surface area contributed by atoms with E-state index in [9.17, 15) is 4.39 Å². The van der Waals surface area contributed by atoms with Crippen molar-refractivity contribution in [1.82, 2.24) is 5.48 Å². The molecule has 2 nitrogen and oxygen atoms in total. The van der Waals surface area contributed by atoms with E-state index in [4.69, 9.17) is 4.84 Å². The van der Waals surface area contributed by atoms with Crippen LogP contribution in [0.15, 0.2) is 24.3 Å². The van der Waals surface area contributed by atoms with Gasteiger partial charge in [0.15, 0.2) is 0 Å². The number of hydrogen-bond acceptors (Lipinski definition) is 2. The van der Waals surface area contributed by atoms with Gasteiger partial charge in [-0.25, -0.2) is 4.39 Å². The van der Waals surface area contributed by atoms with E-state index in [0.717, 1.165) is 6.42 Å². The van der Waals surface area contributed by atoms with E-state index in [1.807, 2.05) is 19.9 Å². The highest BCUT2D eigenvalue weighted by Crippen LogP contribution is 2.19. The van der Waals surface area contributed by atoms with Gasteiger partial charge in [0.1, 0.15) is 5.82 Å². The number of nitrogens with one attached hydrogen (secondary N) is 1. The van der Waals surface area contributed by atoms with Crippen molar-refractivity contribution in [1.29, 1.82) is 0 Å². The molecule has 0 saturated heterocycles. The summed E-state index contributed by atoms with van der Waals surface area (Å²) in [4.78, 5) is 5.08. The molecule has 0 radical (unpaired) electrons. The molecule has 1 rings (SSSR count). The summed E-state index contributed by atoms with van der Waals surface area (Å²) in [6.45, 7) is 4.45. The first-order valence-corrected chi connectivity index (χ1v) is 4.91. The molecular formula is C11H16FNO. The molecule has 1 unspecified atom stereocenters. The van der Waals surface area contributed by atoms with Gasteiger partial charge in [-0.05, 0) is 19.4 Å². The average molecular weight is 197 g/mol. The Balaban J connectivity index is 2.73. The van der Waals surface area contributed by atoms with E-state index in [0.29, 0.717) is 12.2 Å². The van der Waals surface area contributed by atoms with Gasteiger partial charge in [0.05, 0.1) is 12.6 Å². The van der Waals surface area contributed by atoms with Crippen molar-refractivity contribution in [2.24, 2.45) is 0 Å². The summed E-state index contributed by atoms with van der Waals surface area (Å²) in [7, 11) is 0. The minimum absolute atomic E-state index is 0.0730. The molecule has 1 atom stereocenters. The number of hydrogen-bond donors (Lipinski definition) is 1. The Hall–Kier alpha value is -0.930. The fourth-order valence-electron chi connectivity index (χ4n) is 1.31. The lowest BCUT2D eigenvalue weighted by atomic mass is 10.1. The highest BCUT2D eigenvalue weighted by Gasteiger charge is 2.12. The molecule has 0 saturated carbocycles. The number of benzene rings is 1. The van der Waals surface area contributed by atoms with E-state index in [1.165, 1.54) is 6.07 Å². The Kier molecular flexibility index (Phi) is 4.56. The van der Waals surface area contributed by atoms with Crippen molar-refractivity contribution in [3.8, 4) is 0 Å². The van der Waals surface area contributed by atoms with Gasteiger partial charge in [0.2, 0.25) is 0 Å². The third kappa shape index (κ3) is 2.79. The molecule has 14 heavy (non-hydrogen) atoms. The molecule has 3 heteroatoms. The minimum Gasteiger partial charge on any atom is -0.302 e. The van der Waals surface area contributed by atoms with E-state index >= 15 is 0 Å². The van der Waals surface area contributed by atoms with Crippen LogP contribution < -0.4 is 5.48 Å². The molecule has 78 valence electrons. The molecule has 0 aliphatic rings. The molecule has 0 heterocycles. The van der Waals surface area contributed by atoms with Crippen LogP contribution in [0, 0.1) is 5.82 Å². The summed E-state index contributed by atoms with van der Waals surface area (Å²) >= 11 is 0. The summed E-state index contributed by atoms with van der Waals surface area (Å²) < 4.78 is 13.4. The summed E-state index contributed by atoms with van der Waals surface area (Å²) in [5.41, 5.74) is 3.49. The van der Waals surface area contributed by atoms with Crippen LogP contribution in [0.4, 0.5) is 4.39 Å². The van der Waals surface area contributed by atoms with Crippen LogP contribution in [0.2, 0.25) is 0 Å². The van der Waals surface area contributed by atoms with E-state index in [-0.39, 0.29) is 11.9 Å². The third-order valence-corrected chi connectivity index (χ3v) is 2.06. The van der Waals surface area contributed by atoms with Crippen molar-refractivity contribution >= 4 is 0 Å². The Morgan fingerprint density at radius 1 is 1.36 bits per heavy atom. The lowest BCUT2D eigenvalue weighted by Crippen LogP contribution is -2.21. The maximum atomic E-state index is 13.4. The van der Waals surface area contributed by atoms with E-state index in [1.54, 1.807) is 12.1 Å². The lowest BCUT2D eigenvalue weighted by Gasteiger charge is -2.16. The molecule has 1 aromatic rings. The maximum absolute atomic E-state index is 13.4. The van der Waals surface area contributed by atoms with Gasteiger partial charge in [-0.3, -0.25) is 0 Å². The fraction of sp³-hybridized carbons (Fsp3) is 0.455. The van der Waals surface area contributed by atoms with E-state index < -0.39 is 0 Å². The van der Waals surface area contributed by atoms with Crippen molar-refractivity contribution < 1.29 is 9.23 Å². The highest BCUT2D eigenvalue weighted by molar-refractivity contribution is 5.20. The van der Waals surface area contributed by atoms with Crippen molar-refractivity contribution in [3.63, 3.8) is 0 Å². The molecule has 0 fully saturated rings. The van der Waals surface area contributed by atoms with E-state index in [2.05, 4.69) is 5.48 Å². The first kappa shape index (κ1) is 11.1. The molecule has 0 amide bonds. The predicted molar refractivity (Wildman–Crippen MR) is 54.2 cm³/mol. The second-order valence-corrected chi connectivity index (χ2v) is 3.03. The van der Waals surface area contributed by atoms with Gasteiger partial charge >= 0.3 is 0 Å². The highest BCUT2D eigenvalue weighted by atomic mass is 19.1. The van der Waals surface area contributed by atoms with Gasteiger partial charge < -0.3 is 4.84 Å². The Bertz CT molecular complexity index is 278. The van der Waals surface area contributed by atoms with Gasteiger partial charge in [-0.2, -0.15) is 5.48 Å². The number of hydroxylamine groups is 1. The Morgan fingerprint density at radius 3 is 2.64 bits per heavy atom. The first-order valence-electron chi connectivity index (χ1n) is 4.91. The molecule has 0 spiro atoms. The zero-order valence-electron chi connectivity index (χ0n) is 8.59. The molecule has 0 aliphatic heterocycles. The van der Waals surface area contributed by atoms with Gasteiger partial charge in [0.25, 0.3) is 0 Å². The minimum atomic E-state index is -0.188.